The quantitative estimate of drug-likeness (QED) is 0.860. The van der Waals surface area contributed by atoms with E-state index in [1.165, 1.54) is 24.2 Å². The van der Waals surface area contributed by atoms with Gasteiger partial charge in [-0.3, -0.25) is 4.79 Å². The van der Waals surface area contributed by atoms with Gasteiger partial charge in [0.05, 0.1) is 12.6 Å². The second kappa shape index (κ2) is 6.92. The first kappa shape index (κ1) is 14.4. The van der Waals surface area contributed by atoms with E-state index in [4.69, 9.17) is 11.6 Å². The van der Waals surface area contributed by atoms with Crippen LogP contribution in [0.15, 0.2) is 24.3 Å². The number of piperidine rings is 1. The monoisotopic (exact) mass is 281 g/mol. The Labute approximate surface area is 119 Å². The van der Waals surface area contributed by atoms with Crippen LogP contribution in [0.5, 0.6) is 0 Å². The molecule has 1 heterocycles. The predicted octanol–water partition coefficient (Wildman–Crippen LogP) is 1.41. The van der Waals surface area contributed by atoms with E-state index in [0.29, 0.717) is 24.2 Å². The molecule has 19 heavy (non-hydrogen) atoms. The third-order valence-electron chi connectivity index (χ3n) is 3.85. The summed E-state index contributed by atoms with van der Waals surface area (Å²) in [4.78, 5) is 13.4. The van der Waals surface area contributed by atoms with Crippen LogP contribution in [0, 0.1) is 0 Å². The Morgan fingerprint density at radius 2 is 2.32 bits per heavy atom. The summed E-state index contributed by atoms with van der Waals surface area (Å²) in [5.41, 5.74) is 1.04. The van der Waals surface area contributed by atoms with E-state index in [1.807, 2.05) is 24.3 Å². The van der Waals surface area contributed by atoms with Crippen LogP contribution in [0.2, 0.25) is 5.02 Å². The van der Waals surface area contributed by atoms with Gasteiger partial charge < -0.3 is 10.2 Å². The molecule has 4 heteroatoms. The number of likely N-dealkylation sites (tertiary alicyclic amines) is 1. The minimum atomic E-state index is 0.128. The summed E-state index contributed by atoms with van der Waals surface area (Å²) < 4.78 is 0. The Morgan fingerprint density at radius 3 is 3.05 bits per heavy atom. The lowest BCUT2D eigenvalue weighted by Crippen LogP contribution is -3.17. The molecule has 1 saturated heterocycles. The molecule has 1 amide bonds. The van der Waals surface area contributed by atoms with Gasteiger partial charge in [0.25, 0.3) is 5.91 Å². The average molecular weight is 282 g/mol. The van der Waals surface area contributed by atoms with Gasteiger partial charge in [-0.15, -0.1) is 0 Å². The lowest BCUT2D eigenvalue weighted by Gasteiger charge is -2.29. The molecule has 1 aromatic rings. The molecule has 1 aromatic carbocycles. The minimum Gasteiger partial charge on any atom is -0.347 e. The van der Waals surface area contributed by atoms with Crippen LogP contribution in [-0.4, -0.2) is 25.0 Å². The largest absolute Gasteiger partial charge is 0.347 e. The highest BCUT2D eigenvalue weighted by Crippen LogP contribution is 2.10. The maximum atomic E-state index is 12.0. The molecule has 0 saturated carbocycles. The number of hydrogen-bond acceptors (Lipinski definition) is 1. The van der Waals surface area contributed by atoms with Crippen molar-refractivity contribution in [3.05, 3.63) is 34.9 Å². The molecule has 1 unspecified atom stereocenters. The van der Waals surface area contributed by atoms with Crippen LogP contribution in [0.25, 0.3) is 0 Å². The summed E-state index contributed by atoms with van der Waals surface area (Å²) in [7, 11) is 0. The summed E-state index contributed by atoms with van der Waals surface area (Å²) in [6.07, 6.45) is 3.77. The molecular formula is C15H22ClN2O+. The van der Waals surface area contributed by atoms with Crippen LogP contribution in [0.1, 0.15) is 31.7 Å². The van der Waals surface area contributed by atoms with Gasteiger partial charge in [0.1, 0.15) is 0 Å². The molecule has 1 aliphatic heterocycles. The molecular weight excluding hydrogens is 260 g/mol. The number of amides is 1. The molecule has 104 valence electrons. The number of carbonyl (C=O) groups excluding carboxylic acids is 1. The van der Waals surface area contributed by atoms with Crippen molar-refractivity contribution < 1.29 is 9.69 Å². The molecule has 0 spiro atoms. The van der Waals surface area contributed by atoms with Crippen molar-refractivity contribution in [2.75, 3.05) is 13.1 Å². The number of benzene rings is 1. The van der Waals surface area contributed by atoms with E-state index in [0.717, 1.165) is 12.1 Å². The fraction of sp³-hybridized carbons (Fsp3) is 0.533. The number of hydrogen-bond donors (Lipinski definition) is 2. The van der Waals surface area contributed by atoms with Crippen molar-refractivity contribution >= 4 is 17.5 Å². The highest BCUT2D eigenvalue weighted by Gasteiger charge is 2.23. The summed E-state index contributed by atoms with van der Waals surface area (Å²) >= 11 is 5.92. The highest BCUT2D eigenvalue weighted by molar-refractivity contribution is 6.30. The summed E-state index contributed by atoms with van der Waals surface area (Å²) in [6.45, 7) is 4.49. The molecule has 0 aliphatic carbocycles. The Bertz CT molecular complexity index is 436. The van der Waals surface area contributed by atoms with E-state index in [-0.39, 0.29) is 5.91 Å². The van der Waals surface area contributed by atoms with E-state index in [2.05, 4.69) is 12.2 Å². The molecule has 2 atom stereocenters. The maximum absolute atomic E-state index is 12.0. The lowest BCUT2D eigenvalue weighted by molar-refractivity contribution is -0.921. The summed E-state index contributed by atoms with van der Waals surface area (Å²) in [5, 5.41) is 3.69. The topological polar surface area (TPSA) is 33.5 Å². The summed E-state index contributed by atoms with van der Waals surface area (Å²) in [5.74, 6) is 0.128. The van der Waals surface area contributed by atoms with Gasteiger partial charge in [-0.2, -0.15) is 0 Å². The van der Waals surface area contributed by atoms with Gasteiger partial charge in [-0.25, -0.2) is 0 Å². The fourth-order valence-electron chi connectivity index (χ4n) is 2.63. The van der Waals surface area contributed by atoms with Crippen LogP contribution in [0.3, 0.4) is 0 Å². The SMILES string of the molecule is C[C@H]1CCCC[NH+]1CC(=O)NCc1cccc(Cl)c1. The standard InChI is InChI=1S/C15H21ClN2O/c1-12-5-2-3-8-18(12)11-15(19)17-10-13-6-4-7-14(16)9-13/h4,6-7,9,12H,2-3,5,8,10-11H2,1H3,(H,17,19)/p+1/t12-/m0/s1. The maximum Gasteiger partial charge on any atom is 0.275 e. The molecule has 1 aliphatic rings. The normalized spacial score (nSPS) is 23.1. The Kier molecular flexibility index (Phi) is 5.23. The highest BCUT2D eigenvalue weighted by atomic mass is 35.5. The number of rotatable bonds is 4. The lowest BCUT2D eigenvalue weighted by atomic mass is 10.0. The zero-order valence-corrected chi connectivity index (χ0v) is 12.2. The minimum absolute atomic E-state index is 0.128. The van der Waals surface area contributed by atoms with E-state index in [9.17, 15) is 4.79 Å². The van der Waals surface area contributed by atoms with Crippen LogP contribution in [0.4, 0.5) is 0 Å². The van der Waals surface area contributed by atoms with Crippen LogP contribution < -0.4 is 10.2 Å². The smallest absolute Gasteiger partial charge is 0.275 e. The first-order valence-electron chi connectivity index (χ1n) is 7.01. The van der Waals surface area contributed by atoms with E-state index >= 15 is 0 Å². The molecule has 2 rings (SSSR count). The molecule has 0 radical (unpaired) electrons. The zero-order valence-electron chi connectivity index (χ0n) is 11.4. The van der Waals surface area contributed by atoms with Gasteiger partial charge in [0.2, 0.25) is 0 Å². The van der Waals surface area contributed by atoms with Crippen molar-refractivity contribution in [2.24, 2.45) is 0 Å². The third kappa shape index (κ3) is 4.51. The Balaban J connectivity index is 1.78. The van der Waals surface area contributed by atoms with Crippen LogP contribution in [-0.2, 0) is 11.3 Å². The van der Waals surface area contributed by atoms with E-state index < -0.39 is 0 Å². The van der Waals surface area contributed by atoms with Gasteiger partial charge in [-0.1, -0.05) is 23.7 Å². The van der Waals surface area contributed by atoms with Crippen LogP contribution >= 0.6 is 11.6 Å². The molecule has 2 N–H and O–H groups in total. The third-order valence-corrected chi connectivity index (χ3v) is 4.08. The van der Waals surface area contributed by atoms with Crippen molar-refractivity contribution in [1.82, 2.24) is 5.32 Å². The predicted molar refractivity (Wildman–Crippen MR) is 77.3 cm³/mol. The first-order valence-corrected chi connectivity index (χ1v) is 7.38. The average Bonchev–Trinajstić information content (AvgIpc) is 2.39. The van der Waals surface area contributed by atoms with E-state index in [1.54, 1.807) is 0 Å². The molecule has 0 bridgehead atoms. The second-order valence-electron chi connectivity index (χ2n) is 5.39. The molecule has 1 fully saturated rings. The van der Waals surface area contributed by atoms with Gasteiger partial charge in [-0.05, 0) is 43.9 Å². The Hall–Kier alpha value is -1.06. The van der Waals surface area contributed by atoms with Gasteiger partial charge in [0.15, 0.2) is 6.54 Å². The van der Waals surface area contributed by atoms with Crippen molar-refractivity contribution in [1.29, 1.82) is 0 Å². The summed E-state index contributed by atoms with van der Waals surface area (Å²) in [6, 6.07) is 8.21. The second-order valence-corrected chi connectivity index (χ2v) is 5.82. The Morgan fingerprint density at radius 1 is 1.47 bits per heavy atom. The molecule has 0 aromatic heterocycles. The fourth-order valence-corrected chi connectivity index (χ4v) is 2.84. The van der Waals surface area contributed by atoms with Crippen molar-refractivity contribution in [3.63, 3.8) is 0 Å². The number of quaternary nitrogens is 1. The van der Waals surface area contributed by atoms with Gasteiger partial charge >= 0.3 is 0 Å². The van der Waals surface area contributed by atoms with Crippen molar-refractivity contribution in [2.45, 2.75) is 38.8 Å². The number of nitrogens with one attached hydrogen (secondary N) is 2. The number of carbonyl (C=O) groups is 1. The number of halogens is 1. The molecule has 3 nitrogen and oxygen atoms in total. The first-order chi connectivity index (χ1) is 9.15. The zero-order chi connectivity index (χ0) is 13.7. The van der Waals surface area contributed by atoms with Crippen molar-refractivity contribution in [3.8, 4) is 0 Å². The van der Waals surface area contributed by atoms with Gasteiger partial charge in [0, 0.05) is 11.6 Å².